The van der Waals surface area contributed by atoms with Gasteiger partial charge in [0.15, 0.2) is 0 Å². The highest BCUT2D eigenvalue weighted by Crippen LogP contribution is 2.32. The molecule has 0 radical (unpaired) electrons. The minimum atomic E-state index is -0.614. The number of ether oxygens (including phenoxy) is 1. The summed E-state index contributed by atoms with van der Waals surface area (Å²) >= 11 is 3.32. The molecule has 4 aromatic rings. The van der Waals surface area contributed by atoms with Gasteiger partial charge in [0, 0.05) is 25.5 Å². The molecule has 2 aromatic heterocycles. The van der Waals surface area contributed by atoms with Crippen molar-refractivity contribution in [2.75, 3.05) is 20.2 Å². The van der Waals surface area contributed by atoms with Crippen molar-refractivity contribution in [1.29, 1.82) is 0 Å². The third-order valence-electron chi connectivity index (χ3n) is 6.97. The first kappa shape index (κ1) is 32.3. The van der Waals surface area contributed by atoms with Crippen molar-refractivity contribution >= 4 is 34.7 Å². The van der Waals surface area contributed by atoms with E-state index in [9.17, 15) is 9.59 Å². The molecule has 0 fully saturated rings. The first-order chi connectivity index (χ1) is 20.9. The largest absolute Gasteiger partial charge is 0.453 e. The van der Waals surface area contributed by atoms with Crippen molar-refractivity contribution in [2.45, 2.75) is 65.6 Å². The Morgan fingerprint density at radius 3 is 1.91 bits per heavy atom. The highest BCUT2D eigenvalue weighted by Gasteiger charge is 2.26. The Morgan fingerprint density at radius 2 is 1.37 bits per heavy atom. The third-order valence-corrected chi connectivity index (χ3v) is 9.04. The molecule has 0 spiro atoms. The summed E-state index contributed by atoms with van der Waals surface area (Å²) < 4.78 is 4.73. The molecule has 43 heavy (non-hydrogen) atoms. The van der Waals surface area contributed by atoms with E-state index in [0.717, 1.165) is 63.9 Å². The standard InChI is InChI=1S/C33H41N5O3S2/c1-5-8-27(37-33(40)41-4)32(39)38(18-7-3)22-31-36-20-29(43-31)26-15-11-24(12-16-26)23-9-13-25(14-10-23)28-19-35-30(42-28)21-34-17-6-2/h9-16,19-20,27,34H,5-8,17-18,21-22H2,1-4H3,(H,37,40). The van der Waals surface area contributed by atoms with Crippen LogP contribution in [0.5, 0.6) is 0 Å². The summed E-state index contributed by atoms with van der Waals surface area (Å²) in [7, 11) is 1.30. The number of methoxy groups -OCH3 is 1. The number of hydrogen-bond acceptors (Lipinski definition) is 8. The smallest absolute Gasteiger partial charge is 0.407 e. The lowest BCUT2D eigenvalue weighted by molar-refractivity contribution is -0.134. The average molecular weight is 620 g/mol. The van der Waals surface area contributed by atoms with Crippen LogP contribution in [0.25, 0.3) is 32.0 Å². The Bertz CT molecular complexity index is 1450. The summed E-state index contributed by atoms with van der Waals surface area (Å²) in [5.74, 6) is -0.110. The van der Waals surface area contributed by atoms with Gasteiger partial charge in [-0.15, -0.1) is 22.7 Å². The molecular weight excluding hydrogens is 579 g/mol. The molecule has 0 saturated heterocycles. The van der Waals surface area contributed by atoms with Crippen molar-refractivity contribution in [3.8, 4) is 32.0 Å². The number of hydrogen-bond donors (Lipinski definition) is 2. The molecular formula is C33H41N5O3S2. The van der Waals surface area contributed by atoms with Gasteiger partial charge in [0.25, 0.3) is 0 Å². The molecule has 1 unspecified atom stereocenters. The zero-order valence-corrected chi connectivity index (χ0v) is 27.0. The fourth-order valence-electron chi connectivity index (χ4n) is 4.74. The van der Waals surface area contributed by atoms with Gasteiger partial charge in [-0.25, -0.2) is 14.8 Å². The van der Waals surface area contributed by atoms with Crippen LogP contribution in [-0.2, 0) is 22.6 Å². The van der Waals surface area contributed by atoms with Gasteiger partial charge >= 0.3 is 6.09 Å². The second-order valence-electron chi connectivity index (χ2n) is 10.3. The molecule has 228 valence electrons. The minimum absolute atomic E-state index is 0.110. The van der Waals surface area contributed by atoms with Gasteiger partial charge < -0.3 is 20.3 Å². The van der Waals surface area contributed by atoms with Crippen molar-refractivity contribution in [3.63, 3.8) is 0 Å². The SMILES string of the molecule is CCCNCc1ncc(-c2ccc(-c3ccc(-c4cnc(CN(CCC)C(=O)C(CCC)NC(=O)OC)s4)cc3)cc2)s1. The van der Waals surface area contributed by atoms with E-state index < -0.39 is 12.1 Å². The summed E-state index contributed by atoms with van der Waals surface area (Å²) in [5, 5.41) is 8.06. The molecule has 0 aliphatic heterocycles. The van der Waals surface area contributed by atoms with E-state index in [1.807, 2.05) is 26.2 Å². The van der Waals surface area contributed by atoms with Crippen LogP contribution >= 0.6 is 22.7 Å². The fraction of sp³-hybridized carbons (Fsp3) is 0.394. The molecule has 2 heterocycles. The van der Waals surface area contributed by atoms with E-state index in [4.69, 9.17) is 4.74 Å². The van der Waals surface area contributed by atoms with Crippen LogP contribution in [0.3, 0.4) is 0 Å². The molecule has 2 amide bonds. The summed E-state index contributed by atoms with van der Waals surface area (Å²) in [6.45, 7) is 8.99. The van der Waals surface area contributed by atoms with Crippen LogP contribution in [0.1, 0.15) is 56.5 Å². The molecule has 2 aromatic carbocycles. The van der Waals surface area contributed by atoms with E-state index in [1.165, 1.54) is 17.6 Å². The monoisotopic (exact) mass is 619 g/mol. The van der Waals surface area contributed by atoms with Gasteiger partial charge in [-0.1, -0.05) is 75.7 Å². The van der Waals surface area contributed by atoms with Gasteiger partial charge in [-0.05, 0) is 48.1 Å². The number of benzene rings is 2. The summed E-state index contributed by atoms with van der Waals surface area (Å²) in [4.78, 5) is 38.3. The molecule has 0 bridgehead atoms. The summed E-state index contributed by atoms with van der Waals surface area (Å²) in [6.07, 6.45) is 6.48. The van der Waals surface area contributed by atoms with Crippen LogP contribution in [0.4, 0.5) is 4.79 Å². The quantitative estimate of drug-likeness (QED) is 0.135. The zero-order chi connectivity index (χ0) is 30.6. The number of nitrogens with zero attached hydrogens (tertiary/aromatic N) is 3. The van der Waals surface area contributed by atoms with Crippen molar-refractivity contribution < 1.29 is 14.3 Å². The fourth-order valence-corrected chi connectivity index (χ4v) is 6.57. The molecule has 8 nitrogen and oxygen atoms in total. The number of carbonyl (C=O) groups excluding carboxylic acids is 2. The van der Waals surface area contributed by atoms with Gasteiger partial charge in [0.1, 0.15) is 16.1 Å². The van der Waals surface area contributed by atoms with Gasteiger partial charge in [0.2, 0.25) is 5.91 Å². The third kappa shape index (κ3) is 8.95. The lowest BCUT2D eigenvalue weighted by atomic mass is 10.0. The Morgan fingerprint density at radius 1 is 0.814 bits per heavy atom. The maximum absolute atomic E-state index is 13.3. The van der Waals surface area contributed by atoms with Crippen LogP contribution in [0, 0.1) is 0 Å². The van der Waals surface area contributed by atoms with Crippen LogP contribution in [0.2, 0.25) is 0 Å². The van der Waals surface area contributed by atoms with Crippen molar-refractivity contribution in [1.82, 2.24) is 25.5 Å². The average Bonchev–Trinajstić information content (AvgIpc) is 3.71. The Balaban J connectivity index is 1.40. The molecule has 0 aliphatic rings. The first-order valence-electron chi connectivity index (χ1n) is 14.9. The molecule has 2 N–H and O–H groups in total. The van der Waals surface area contributed by atoms with E-state index in [-0.39, 0.29) is 5.91 Å². The maximum Gasteiger partial charge on any atom is 0.407 e. The normalized spacial score (nSPS) is 11.7. The van der Waals surface area contributed by atoms with Crippen LogP contribution in [-0.4, -0.2) is 53.1 Å². The van der Waals surface area contributed by atoms with E-state index >= 15 is 0 Å². The van der Waals surface area contributed by atoms with E-state index in [2.05, 4.69) is 76.1 Å². The molecule has 0 saturated carbocycles. The van der Waals surface area contributed by atoms with Crippen LogP contribution in [0.15, 0.2) is 60.9 Å². The number of alkyl carbamates (subject to hydrolysis) is 1. The topological polar surface area (TPSA) is 96.5 Å². The number of amides is 2. The van der Waals surface area contributed by atoms with Gasteiger partial charge in [0.05, 0.1) is 23.4 Å². The number of aromatic nitrogens is 2. The molecule has 4 rings (SSSR count). The second-order valence-corrected chi connectivity index (χ2v) is 12.5. The number of rotatable bonds is 15. The second kappa shape index (κ2) is 16.3. The molecule has 10 heteroatoms. The van der Waals surface area contributed by atoms with Crippen LogP contribution < -0.4 is 10.6 Å². The summed E-state index contributed by atoms with van der Waals surface area (Å²) in [6, 6.07) is 16.5. The Labute approximate surface area is 262 Å². The maximum atomic E-state index is 13.3. The van der Waals surface area contributed by atoms with Crippen molar-refractivity contribution in [3.05, 3.63) is 70.9 Å². The highest BCUT2D eigenvalue weighted by molar-refractivity contribution is 7.15. The lowest BCUT2D eigenvalue weighted by Crippen LogP contribution is -2.48. The first-order valence-corrected chi connectivity index (χ1v) is 16.5. The predicted molar refractivity (Wildman–Crippen MR) is 176 cm³/mol. The molecule has 1 atom stereocenters. The lowest BCUT2D eigenvalue weighted by Gasteiger charge is -2.26. The Kier molecular flexibility index (Phi) is 12.3. The Hall–Kier alpha value is -3.60. The number of carbonyl (C=O) groups is 2. The number of thiazole rings is 2. The number of nitrogens with one attached hydrogen (secondary N) is 2. The van der Waals surface area contributed by atoms with E-state index in [0.29, 0.717) is 19.5 Å². The highest BCUT2D eigenvalue weighted by atomic mass is 32.1. The minimum Gasteiger partial charge on any atom is -0.453 e. The van der Waals surface area contributed by atoms with Crippen molar-refractivity contribution in [2.24, 2.45) is 0 Å². The van der Waals surface area contributed by atoms with E-state index in [1.54, 1.807) is 27.6 Å². The van der Waals surface area contributed by atoms with Gasteiger partial charge in [-0.2, -0.15) is 0 Å². The predicted octanol–water partition coefficient (Wildman–Crippen LogP) is 7.36. The molecule has 0 aliphatic carbocycles. The zero-order valence-electron chi connectivity index (χ0n) is 25.4. The van der Waals surface area contributed by atoms with Gasteiger partial charge in [-0.3, -0.25) is 4.79 Å². The summed E-state index contributed by atoms with van der Waals surface area (Å²) in [5.41, 5.74) is 4.57.